The smallest absolute Gasteiger partial charge is 0.308 e. The van der Waals surface area contributed by atoms with Crippen molar-refractivity contribution in [3.63, 3.8) is 0 Å². The van der Waals surface area contributed by atoms with Crippen molar-refractivity contribution in [1.82, 2.24) is 15.0 Å². The van der Waals surface area contributed by atoms with Crippen LogP contribution in [-0.4, -0.2) is 85.8 Å². The van der Waals surface area contributed by atoms with Crippen LogP contribution in [0, 0.1) is 5.92 Å². The molecule has 0 amide bonds. The molecule has 0 unspecified atom stereocenters. The van der Waals surface area contributed by atoms with Gasteiger partial charge in [0.2, 0.25) is 0 Å². The third-order valence-corrected chi connectivity index (χ3v) is 8.12. The number of hydrogen-bond acceptors (Lipinski definition) is 10. The second-order valence-corrected chi connectivity index (χ2v) is 11.7. The van der Waals surface area contributed by atoms with E-state index in [1.165, 1.54) is 11.1 Å². The fourth-order valence-corrected chi connectivity index (χ4v) is 5.90. The zero-order valence-corrected chi connectivity index (χ0v) is 26.0. The van der Waals surface area contributed by atoms with Crippen molar-refractivity contribution in [2.24, 2.45) is 5.92 Å². The van der Waals surface area contributed by atoms with Crippen LogP contribution >= 0.6 is 0 Å². The molecule has 3 aromatic rings. The summed E-state index contributed by atoms with van der Waals surface area (Å²) in [4.78, 5) is 29.0. The minimum atomic E-state index is -0.442. The van der Waals surface area contributed by atoms with E-state index in [2.05, 4.69) is 39.5 Å². The highest BCUT2D eigenvalue weighted by atomic mass is 16.6. The molecule has 0 bridgehead atoms. The van der Waals surface area contributed by atoms with Gasteiger partial charge >= 0.3 is 5.97 Å². The first kappa shape index (κ1) is 31.8. The summed E-state index contributed by atoms with van der Waals surface area (Å²) in [5, 5.41) is 3.54. The van der Waals surface area contributed by atoms with E-state index in [4.69, 9.17) is 28.9 Å². The number of rotatable bonds is 16. The van der Waals surface area contributed by atoms with Gasteiger partial charge in [0.1, 0.15) is 22.9 Å². The summed E-state index contributed by atoms with van der Waals surface area (Å²) >= 11 is 0. The number of benzene rings is 1. The molecule has 44 heavy (non-hydrogen) atoms. The van der Waals surface area contributed by atoms with Crippen molar-refractivity contribution in [3.05, 3.63) is 65.9 Å². The summed E-state index contributed by atoms with van der Waals surface area (Å²) < 4.78 is 22.0. The fraction of sp³-hybridized carbons (Fsp3) is 0.529. The lowest BCUT2D eigenvalue weighted by Gasteiger charge is -2.44. The number of carbonyl (C=O) groups excluding carboxylic acids is 1. The average molecular weight is 604 g/mol. The van der Waals surface area contributed by atoms with E-state index in [0.717, 1.165) is 62.6 Å². The highest BCUT2D eigenvalue weighted by Gasteiger charge is 2.43. The Labute approximate surface area is 260 Å². The number of ether oxygens (including phenoxy) is 4. The number of anilines is 2. The van der Waals surface area contributed by atoms with Crippen molar-refractivity contribution in [2.75, 3.05) is 69.5 Å². The number of nitrogens with zero attached hydrogens (tertiary/aromatic N) is 4. The van der Waals surface area contributed by atoms with Gasteiger partial charge < -0.3 is 29.2 Å². The Morgan fingerprint density at radius 1 is 0.932 bits per heavy atom. The Morgan fingerprint density at radius 2 is 1.61 bits per heavy atom. The standard InChI is InChI=1S/C34H45N5O5/c1-3-41-18-19-43-21-20-42-17-13-32(40)44-34(2)23-26(24-34)25-36-30-22-31(38-33(37-30)29-10-6-7-14-35-29)39-15-11-27-8-4-5-9-28(27)12-16-39/h4-10,14,22,26H,3,11-13,15-21,23-25H2,1-2H3,(H,36,37,38). The lowest BCUT2D eigenvalue weighted by Crippen LogP contribution is -2.47. The average Bonchev–Trinajstić information content (AvgIpc) is 3.25. The molecular weight excluding hydrogens is 558 g/mol. The maximum atomic E-state index is 12.4. The van der Waals surface area contributed by atoms with Crippen LogP contribution in [-0.2, 0) is 36.6 Å². The molecule has 10 heteroatoms. The van der Waals surface area contributed by atoms with Crippen LogP contribution in [0.3, 0.4) is 0 Å². The SMILES string of the molecule is CCOCCOCCOCCC(=O)OC1(C)CC(CNc2cc(N3CCc4ccccc4CC3)nc(-c3ccccn3)n2)C1. The van der Waals surface area contributed by atoms with Gasteiger partial charge in [-0.05, 0) is 68.7 Å². The van der Waals surface area contributed by atoms with E-state index in [0.29, 0.717) is 51.4 Å². The number of esters is 1. The number of pyridine rings is 1. The van der Waals surface area contributed by atoms with Gasteiger partial charge in [-0.15, -0.1) is 0 Å². The molecule has 2 aliphatic rings. The van der Waals surface area contributed by atoms with E-state index in [1.807, 2.05) is 38.1 Å². The molecule has 3 heterocycles. The third-order valence-electron chi connectivity index (χ3n) is 8.12. The zero-order chi connectivity index (χ0) is 30.6. The van der Waals surface area contributed by atoms with Crippen LogP contribution in [0.4, 0.5) is 11.6 Å². The largest absolute Gasteiger partial charge is 0.459 e. The molecule has 1 saturated carbocycles. The Balaban J connectivity index is 1.10. The van der Waals surface area contributed by atoms with E-state index in [-0.39, 0.29) is 12.4 Å². The lowest BCUT2D eigenvalue weighted by molar-refractivity contribution is -0.173. The molecule has 1 aromatic carbocycles. The number of fused-ring (bicyclic) bond motifs is 1. The van der Waals surface area contributed by atoms with Crippen LogP contribution in [0.15, 0.2) is 54.7 Å². The maximum Gasteiger partial charge on any atom is 0.308 e. The van der Waals surface area contributed by atoms with Crippen LogP contribution in [0.25, 0.3) is 11.5 Å². The topological polar surface area (TPSA) is 108 Å². The lowest BCUT2D eigenvalue weighted by atomic mass is 9.72. The molecule has 1 N–H and O–H groups in total. The van der Waals surface area contributed by atoms with Gasteiger partial charge in [0.05, 0.1) is 39.5 Å². The van der Waals surface area contributed by atoms with Crippen molar-refractivity contribution in [3.8, 4) is 11.5 Å². The first-order chi connectivity index (χ1) is 21.5. The van der Waals surface area contributed by atoms with Crippen molar-refractivity contribution >= 4 is 17.6 Å². The third kappa shape index (κ3) is 9.20. The van der Waals surface area contributed by atoms with E-state index < -0.39 is 5.60 Å². The van der Waals surface area contributed by atoms with Crippen LogP contribution in [0.1, 0.15) is 44.2 Å². The number of carbonyl (C=O) groups is 1. The highest BCUT2D eigenvalue weighted by Crippen LogP contribution is 2.41. The molecule has 0 saturated heterocycles. The Hall–Kier alpha value is -3.60. The Bertz CT molecular complexity index is 1310. The van der Waals surface area contributed by atoms with Crippen LogP contribution in [0.5, 0.6) is 0 Å². The second-order valence-electron chi connectivity index (χ2n) is 11.7. The Kier molecular flexibility index (Phi) is 11.5. The zero-order valence-electron chi connectivity index (χ0n) is 26.0. The predicted octanol–water partition coefficient (Wildman–Crippen LogP) is 4.73. The molecule has 1 fully saturated rings. The van der Waals surface area contributed by atoms with Gasteiger partial charge in [-0.1, -0.05) is 30.3 Å². The summed E-state index contributed by atoms with van der Waals surface area (Å²) in [5.74, 6) is 2.45. The second kappa shape index (κ2) is 15.9. The predicted molar refractivity (Wildman–Crippen MR) is 170 cm³/mol. The molecule has 2 aromatic heterocycles. The quantitative estimate of drug-likeness (QED) is 0.182. The van der Waals surface area contributed by atoms with E-state index >= 15 is 0 Å². The van der Waals surface area contributed by atoms with Crippen molar-refractivity contribution < 1.29 is 23.7 Å². The number of hydrogen-bond donors (Lipinski definition) is 1. The van der Waals surface area contributed by atoms with Gasteiger partial charge in [0.15, 0.2) is 5.82 Å². The van der Waals surface area contributed by atoms with Gasteiger partial charge in [-0.25, -0.2) is 9.97 Å². The normalized spacial score (nSPS) is 19.5. The first-order valence-electron chi connectivity index (χ1n) is 15.8. The molecule has 0 radical (unpaired) electrons. The Morgan fingerprint density at radius 3 is 2.30 bits per heavy atom. The summed E-state index contributed by atoms with van der Waals surface area (Å²) in [6, 6.07) is 16.5. The number of aromatic nitrogens is 3. The first-order valence-corrected chi connectivity index (χ1v) is 15.8. The summed E-state index contributed by atoms with van der Waals surface area (Å²) in [7, 11) is 0. The molecule has 5 rings (SSSR count). The minimum Gasteiger partial charge on any atom is -0.459 e. The summed E-state index contributed by atoms with van der Waals surface area (Å²) in [5.41, 5.74) is 3.12. The van der Waals surface area contributed by atoms with Gasteiger partial charge in [0, 0.05) is 38.5 Å². The van der Waals surface area contributed by atoms with E-state index in [1.54, 1.807) is 6.20 Å². The monoisotopic (exact) mass is 603 g/mol. The molecule has 0 spiro atoms. The molecular formula is C34H45N5O5. The van der Waals surface area contributed by atoms with Gasteiger partial charge in [-0.2, -0.15) is 0 Å². The van der Waals surface area contributed by atoms with Crippen molar-refractivity contribution in [2.45, 2.75) is 51.6 Å². The van der Waals surface area contributed by atoms with Crippen LogP contribution < -0.4 is 10.2 Å². The van der Waals surface area contributed by atoms with Gasteiger partial charge in [-0.3, -0.25) is 9.78 Å². The van der Waals surface area contributed by atoms with Crippen molar-refractivity contribution in [1.29, 1.82) is 0 Å². The molecule has 236 valence electrons. The van der Waals surface area contributed by atoms with Crippen LogP contribution in [0.2, 0.25) is 0 Å². The number of nitrogens with one attached hydrogen (secondary N) is 1. The molecule has 1 aliphatic carbocycles. The van der Waals surface area contributed by atoms with E-state index in [9.17, 15) is 4.79 Å². The molecule has 1 aliphatic heterocycles. The summed E-state index contributed by atoms with van der Waals surface area (Å²) in [6.45, 7) is 9.56. The fourth-order valence-electron chi connectivity index (χ4n) is 5.90. The molecule has 0 atom stereocenters. The summed E-state index contributed by atoms with van der Waals surface area (Å²) in [6.07, 6.45) is 5.57. The minimum absolute atomic E-state index is 0.226. The van der Waals surface area contributed by atoms with Gasteiger partial charge in [0.25, 0.3) is 0 Å². The maximum absolute atomic E-state index is 12.4. The highest BCUT2D eigenvalue weighted by molar-refractivity contribution is 5.70. The molecule has 10 nitrogen and oxygen atoms in total.